The first kappa shape index (κ1) is 34.6. The maximum Gasteiger partial charge on any atom is 0.336 e. The fourth-order valence-corrected chi connectivity index (χ4v) is 5.43. The molecule has 4 N–H and O–H groups in total. The lowest BCUT2D eigenvalue weighted by molar-refractivity contribution is -0.170. The number of likely N-dealkylation sites (tertiary alicyclic amines) is 1. The van der Waals surface area contributed by atoms with Crippen LogP contribution in [-0.2, 0) is 47.4 Å². The number of methoxy groups -OCH3 is 1. The van der Waals surface area contributed by atoms with Gasteiger partial charge in [0.2, 0.25) is 5.91 Å². The largest absolute Gasteiger partial charge is 0.481 e. The predicted octanol–water partition coefficient (Wildman–Crippen LogP) is 1.02. The van der Waals surface area contributed by atoms with Crippen molar-refractivity contribution in [3.8, 4) is 0 Å². The normalized spacial score (nSPS) is 16.5. The van der Waals surface area contributed by atoms with Crippen molar-refractivity contribution < 1.29 is 53.5 Å². The summed E-state index contributed by atoms with van der Waals surface area (Å²) in [5.41, 5.74) is -1.06. The van der Waals surface area contributed by atoms with E-state index >= 15 is 0 Å². The van der Waals surface area contributed by atoms with Crippen molar-refractivity contribution in [1.29, 1.82) is 0 Å². The Bertz CT molecular complexity index is 1280. The summed E-state index contributed by atoms with van der Waals surface area (Å²) in [6.45, 7) is 4.42. The number of aliphatic carboxylic acids is 3. The van der Waals surface area contributed by atoms with Crippen LogP contribution in [0.15, 0.2) is 36.7 Å². The van der Waals surface area contributed by atoms with Crippen molar-refractivity contribution in [2.45, 2.75) is 50.0 Å². The number of fused-ring (bicyclic) bond motifs is 2. The van der Waals surface area contributed by atoms with E-state index in [-0.39, 0.29) is 17.6 Å². The third kappa shape index (κ3) is 9.05. The first-order valence-corrected chi connectivity index (χ1v) is 14.0. The number of nitrogens with zero attached hydrogens (tertiary/aromatic N) is 4. The monoisotopic (exact) mass is 622 g/mol. The second-order valence-corrected chi connectivity index (χ2v) is 11.0. The van der Waals surface area contributed by atoms with Crippen LogP contribution in [0.4, 0.5) is 4.39 Å². The summed E-state index contributed by atoms with van der Waals surface area (Å²) in [7, 11) is 3.46. The van der Waals surface area contributed by atoms with Gasteiger partial charge in [0, 0.05) is 52.7 Å². The molecule has 2 aromatic rings. The molecule has 242 valence electrons. The van der Waals surface area contributed by atoms with Gasteiger partial charge in [0.1, 0.15) is 5.82 Å². The Kier molecular flexibility index (Phi) is 11.9. The summed E-state index contributed by atoms with van der Waals surface area (Å²) in [5, 5.41) is 38.1. The molecule has 3 heterocycles. The van der Waals surface area contributed by atoms with Gasteiger partial charge in [0.25, 0.3) is 0 Å². The van der Waals surface area contributed by atoms with Gasteiger partial charge >= 0.3 is 17.9 Å². The molecule has 0 radical (unpaired) electrons. The first-order valence-electron chi connectivity index (χ1n) is 14.0. The van der Waals surface area contributed by atoms with Gasteiger partial charge in [0.15, 0.2) is 5.60 Å². The van der Waals surface area contributed by atoms with Crippen LogP contribution in [0, 0.1) is 11.7 Å². The number of likely N-dealkylation sites (N-methyl/N-ethyl adjacent to an activating group) is 1. The number of piperidine rings is 1. The van der Waals surface area contributed by atoms with Gasteiger partial charge in [-0.1, -0.05) is 6.07 Å². The molecule has 1 spiro atoms. The van der Waals surface area contributed by atoms with Crippen LogP contribution in [0.3, 0.4) is 0 Å². The smallest absolute Gasteiger partial charge is 0.336 e. The highest BCUT2D eigenvalue weighted by Gasteiger charge is 2.43. The van der Waals surface area contributed by atoms with Crippen molar-refractivity contribution in [3.63, 3.8) is 0 Å². The molecule has 1 aromatic carbocycles. The number of hydrogen-bond donors (Lipinski definition) is 4. The van der Waals surface area contributed by atoms with Crippen molar-refractivity contribution >= 4 is 23.8 Å². The standard InChI is InChI=1S/C23H31FN4O3.C6H8O7/c1-26(12-13-30-2)22(29)19(16-28-9-3-8-25-28)15-27-10-6-23(7-11-27)21-14-20(24)5-4-18(21)17-31-23;7-3(8)1-6(13,5(11)12)2-4(9)10/h3-5,8-9,14,19H,6-7,10-13,15-17H2,1-2H3;13H,1-2H2,(H,7,8)(H,9,10)(H,11,12). The SMILES string of the molecule is COCCN(C)C(=O)C(CN1CCC2(CC1)OCc1ccc(F)cc12)Cn1cccn1.O=C(O)CC(O)(CC(=O)O)C(=O)O. The zero-order valence-corrected chi connectivity index (χ0v) is 24.7. The number of amides is 1. The molecule has 1 unspecified atom stereocenters. The van der Waals surface area contributed by atoms with E-state index in [0.29, 0.717) is 32.8 Å². The zero-order chi connectivity index (χ0) is 32.5. The molecule has 14 nitrogen and oxygen atoms in total. The topological polar surface area (TPSA) is 192 Å². The maximum absolute atomic E-state index is 13.9. The molecule has 0 bridgehead atoms. The van der Waals surface area contributed by atoms with Crippen molar-refractivity contribution in [3.05, 3.63) is 53.6 Å². The summed E-state index contributed by atoms with van der Waals surface area (Å²) in [6.07, 6.45) is 2.92. The molecule has 1 amide bonds. The number of carbonyl (C=O) groups excluding carboxylic acids is 1. The first-order chi connectivity index (χ1) is 20.8. The second-order valence-electron chi connectivity index (χ2n) is 11.0. The number of hydrogen-bond acceptors (Lipinski definition) is 9. The Hall–Kier alpha value is -3.92. The molecule has 1 fully saturated rings. The molecule has 15 heteroatoms. The Morgan fingerprint density at radius 3 is 2.34 bits per heavy atom. The van der Waals surface area contributed by atoms with Crippen molar-refractivity contribution in [2.24, 2.45) is 5.92 Å². The number of rotatable bonds is 13. The number of aromatic nitrogens is 2. The fraction of sp³-hybridized carbons (Fsp3) is 0.552. The van der Waals surface area contributed by atoms with E-state index in [4.69, 9.17) is 29.9 Å². The van der Waals surface area contributed by atoms with E-state index < -0.39 is 42.0 Å². The summed E-state index contributed by atoms with van der Waals surface area (Å²) in [6, 6.07) is 6.84. The lowest BCUT2D eigenvalue weighted by Gasteiger charge is -2.40. The van der Waals surface area contributed by atoms with Gasteiger partial charge in [-0.05, 0) is 42.2 Å². The quantitative estimate of drug-likeness (QED) is 0.248. The number of halogens is 1. The second kappa shape index (κ2) is 15.2. The molecule has 2 aliphatic heterocycles. The van der Waals surface area contributed by atoms with Gasteiger partial charge < -0.3 is 39.7 Å². The lowest BCUT2D eigenvalue weighted by atomic mass is 9.83. The number of benzene rings is 1. The highest BCUT2D eigenvalue weighted by atomic mass is 19.1. The Morgan fingerprint density at radius 1 is 1.14 bits per heavy atom. The molecule has 2 aliphatic rings. The molecule has 4 rings (SSSR count). The average Bonchev–Trinajstić information content (AvgIpc) is 3.60. The highest BCUT2D eigenvalue weighted by Crippen LogP contribution is 2.44. The molecule has 0 saturated carbocycles. The van der Waals surface area contributed by atoms with Gasteiger partial charge in [-0.3, -0.25) is 19.1 Å². The number of carboxylic acid groups (broad SMARTS) is 3. The Labute approximate surface area is 253 Å². The van der Waals surface area contributed by atoms with Gasteiger partial charge in [0.05, 0.1) is 44.1 Å². The van der Waals surface area contributed by atoms with E-state index in [1.54, 1.807) is 24.3 Å². The van der Waals surface area contributed by atoms with Crippen LogP contribution in [-0.4, -0.2) is 116 Å². The summed E-state index contributed by atoms with van der Waals surface area (Å²) >= 11 is 0. The Morgan fingerprint density at radius 2 is 1.80 bits per heavy atom. The minimum Gasteiger partial charge on any atom is -0.481 e. The molecule has 1 atom stereocenters. The molecular weight excluding hydrogens is 583 g/mol. The fourth-order valence-electron chi connectivity index (χ4n) is 5.43. The van der Waals surface area contributed by atoms with E-state index in [0.717, 1.165) is 37.1 Å². The number of ether oxygens (including phenoxy) is 2. The van der Waals surface area contributed by atoms with Crippen LogP contribution in [0.5, 0.6) is 0 Å². The highest BCUT2D eigenvalue weighted by molar-refractivity contribution is 5.88. The van der Waals surface area contributed by atoms with E-state index in [1.807, 2.05) is 30.1 Å². The zero-order valence-electron chi connectivity index (χ0n) is 24.7. The average molecular weight is 623 g/mol. The predicted molar refractivity (Wildman–Crippen MR) is 151 cm³/mol. The third-order valence-electron chi connectivity index (χ3n) is 7.82. The van der Waals surface area contributed by atoms with Gasteiger partial charge in [-0.2, -0.15) is 5.10 Å². The minimum atomic E-state index is -2.74. The van der Waals surface area contributed by atoms with Crippen molar-refractivity contribution in [2.75, 3.05) is 46.9 Å². The molecule has 1 saturated heterocycles. The van der Waals surface area contributed by atoms with Crippen LogP contribution in [0.1, 0.15) is 36.8 Å². The van der Waals surface area contributed by atoms with E-state index in [2.05, 4.69) is 10.00 Å². The Balaban J connectivity index is 0.000000345. The third-order valence-corrected chi connectivity index (χ3v) is 7.82. The summed E-state index contributed by atoms with van der Waals surface area (Å²) in [4.78, 5) is 47.7. The van der Waals surface area contributed by atoms with Crippen LogP contribution < -0.4 is 0 Å². The number of aliphatic hydroxyl groups is 1. The molecule has 1 aromatic heterocycles. The summed E-state index contributed by atoms with van der Waals surface area (Å²) < 4.78 is 27.0. The minimum absolute atomic E-state index is 0.0948. The van der Waals surface area contributed by atoms with Crippen LogP contribution >= 0.6 is 0 Å². The number of carboxylic acids is 3. The van der Waals surface area contributed by atoms with Crippen LogP contribution in [0.25, 0.3) is 0 Å². The van der Waals surface area contributed by atoms with Gasteiger partial charge in [-0.15, -0.1) is 0 Å². The summed E-state index contributed by atoms with van der Waals surface area (Å²) in [5.74, 6) is -5.34. The number of carbonyl (C=O) groups is 4. The van der Waals surface area contributed by atoms with E-state index in [1.165, 1.54) is 6.07 Å². The molecule has 0 aliphatic carbocycles. The molecular formula is C29H39FN4O10. The lowest BCUT2D eigenvalue weighted by Crippen LogP contribution is -2.47. The maximum atomic E-state index is 13.9. The van der Waals surface area contributed by atoms with Crippen molar-refractivity contribution in [1.82, 2.24) is 19.6 Å². The van der Waals surface area contributed by atoms with E-state index in [9.17, 15) is 23.6 Å². The van der Waals surface area contributed by atoms with Gasteiger partial charge in [-0.25, -0.2) is 9.18 Å². The molecule has 44 heavy (non-hydrogen) atoms. The van der Waals surface area contributed by atoms with Crippen LogP contribution in [0.2, 0.25) is 0 Å².